The van der Waals surface area contributed by atoms with Gasteiger partial charge in [0.1, 0.15) is 11.0 Å². The third-order valence-electron chi connectivity index (χ3n) is 4.26. The van der Waals surface area contributed by atoms with Gasteiger partial charge in [-0.25, -0.2) is 4.90 Å². The van der Waals surface area contributed by atoms with E-state index in [0.29, 0.717) is 22.2 Å². The smallest absolute Gasteiger partial charge is 0.247 e. The molecule has 0 unspecified atom stereocenters. The van der Waals surface area contributed by atoms with E-state index in [1.54, 1.807) is 50.4 Å². The molecule has 9 heteroatoms. The standard InChI is InChI=1S/C20H19ClN4O3S/c1-12(13-3-5-14(21)6-4-13)23-24-20(22)29-17-11-18(26)25(19(17)27)15-7-9-16(28-2)10-8-15/h3-10,17H,11H2,1-2H3,(H2,22,24)/b23-12-/t17-/m0/s1. The topological polar surface area (TPSA) is 97.3 Å². The summed E-state index contributed by atoms with van der Waals surface area (Å²) < 4.78 is 5.10. The van der Waals surface area contributed by atoms with Gasteiger partial charge in [-0.2, -0.15) is 5.10 Å². The van der Waals surface area contributed by atoms with Crippen molar-refractivity contribution in [2.45, 2.75) is 18.6 Å². The van der Waals surface area contributed by atoms with Crippen LogP contribution in [0.4, 0.5) is 5.69 Å². The van der Waals surface area contributed by atoms with Gasteiger partial charge in [-0.1, -0.05) is 35.5 Å². The van der Waals surface area contributed by atoms with Crippen LogP contribution in [0.3, 0.4) is 0 Å². The number of nitrogens with zero attached hydrogens (tertiary/aromatic N) is 3. The Morgan fingerprint density at radius 2 is 1.79 bits per heavy atom. The first kappa shape index (κ1) is 20.9. The lowest BCUT2D eigenvalue weighted by atomic mass is 10.1. The number of anilines is 1. The number of nitrogens with two attached hydrogens (primary N) is 1. The number of amidine groups is 1. The molecule has 1 saturated heterocycles. The molecule has 29 heavy (non-hydrogen) atoms. The first-order chi connectivity index (χ1) is 13.9. The maximum absolute atomic E-state index is 12.7. The second-order valence-electron chi connectivity index (χ2n) is 6.21. The van der Waals surface area contributed by atoms with Gasteiger partial charge in [0.15, 0.2) is 5.17 Å². The Kier molecular flexibility index (Phi) is 6.56. The SMILES string of the molecule is COc1ccc(N2C(=O)C[C@H](SC(N)=N/N=C(/C)c3ccc(Cl)cc3)C2=O)cc1. The van der Waals surface area contributed by atoms with Gasteiger partial charge in [-0.3, -0.25) is 9.59 Å². The zero-order chi connectivity index (χ0) is 21.0. The molecule has 1 heterocycles. The molecule has 150 valence electrons. The van der Waals surface area contributed by atoms with Crippen LogP contribution in [-0.4, -0.2) is 35.1 Å². The van der Waals surface area contributed by atoms with Crippen molar-refractivity contribution in [2.75, 3.05) is 12.0 Å². The summed E-state index contributed by atoms with van der Waals surface area (Å²) >= 11 is 6.90. The van der Waals surface area contributed by atoms with Crippen LogP contribution in [-0.2, 0) is 9.59 Å². The average Bonchev–Trinajstić information content (AvgIpc) is 2.99. The molecular formula is C20H19ClN4O3S. The van der Waals surface area contributed by atoms with Crippen molar-refractivity contribution < 1.29 is 14.3 Å². The molecule has 1 aliphatic rings. The Morgan fingerprint density at radius 1 is 1.14 bits per heavy atom. The van der Waals surface area contributed by atoms with Crippen LogP contribution in [0, 0.1) is 0 Å². The van der Waals surface area contributed by atoms with Crippen molar-refractivity contribution in [3.63, 3.8) is 0 Å². The molecule has 1 atom stereocenters. The third-order valence-corrected chi connectivity index (χ3v) is 5.49. The normalized spacial score (nSPS) is 17.8. The lowest BCUT2D eigenvalue weighted by Gasteiger charge is -2.15. The monoisotopic (exact) mass is 430 g/mol. The van der Waals surface area contributed by atoms with Crippen LogP contribution in [0.5, 0.6) is 5.75 Å². The van der Waals surface area contributed by atoms with E-state index in [4.69, 9.17) is 22.1 Å². The third kappa shape index (κ3) is 4.96. The zero-order valence-corrected chi connectivity index (χ0v) is 17.4. The number of carbonyl (C=O) groups excluding carboxylic acids is 2. The first-order valence-corrected chi connectivity index (χ1v) is 9.96. The lowest BCUT2D eigenvalue weighted by Crippen LogP contribution is -2.31. The highest BCUT2D eigenvalue weighted by molar-refractivity contribution is 8.14. The van der Waals surface area contributed by atoms with Gasteiger partial charge in [0, 0.05) is 11.4 Å². The number of imide groups is 1. The van der Waals surface area contributed by atoms with E-state index < -0.39 is 5.25 Å². The van der Waals surface area contributed by atoms with Gasteiger partial charge in [-0.05, 0) is 48.9 Å². The quantitative estimate of drug-likeness (QED) is 0.339. The highest BCUT2D eigenvalue weighted by Crippen LogP contribution is 2.30. The van der Waals surface area contributed by atoms with E-state index in [1.807, 2.05) is 12.1 Å². The maximum atomic E-state index is 12.7. The summed E-state index contributed by atoms with van der Waals surface area (Å²) in [6.07, 6.45) is 0.0473. The number of ether oxygens (including phenoxy) is 1. The van der Waals surface area contributed by atoms with E-state index in [9.17, 15) is 9.59 Å². The van der Waals surface area contributed by atoms with E-state index in [2.05, 4.69) is 10.2 Å². The summed E-state index contributed by atoms with van der Waals surface area (Å²) in [5, 5.41) is 8.18. The Morgan fingerprint density at radius 3 is 2.41 bits per heavy atom. The molecule has 0 radical (unpaired) electrons. The number of thioether (sulfide) groups is 1. The Balaban J connectivity index is 1.68. The van der Waals surface area contributed by atoms with E-state index in [-0.39, 0.29) is 23.4 Å². The number of halogens is 1. The summed E-state index contributed by atoms with van der Waals surface area (Å²) in [7, 11) is 1.55. The van der Waals surface area contributed by atoms with Crippen LogP contribution < -0.4 is 15.4 Å². The number of amides is 2. The van der Waals surface area contributed by atoms with E-state index in [0.717, 1.165) is 22.2 Å². The van der Waals surface area contributed by atoms with Gasteiger partial charge in [0.2, 0.25) is 11.8 Å². The summed E-state index contributed by atoms with van der Waals surface area (Å²) in [4.78, 5) is 26.2. The van der Waals surface area contributed by atoms with Gasteiger partial charge in [-0.15, -0.1) is 5.10 Å². The number of benzene rings is 2. The van der Waals surface area contributed by atoms with Crippen molar-refractivity contribution in [2.24, 2.45) is 15.9 Å². The minimum Gasteiger partial charge on any atom is -0.497 e. The van der Waals surface area contributed by atoms with E-state index in [1.165, 1.54) is 0 Å². The lowest BCUT2D eigenvalue weighted by molar-refractivity contribution is -0.121. The van der Waals surface area contributed by atoms with Crippen molar-refractivity contribution in [1.29, 1.82) is 0 Å². The zero-order valence-electron chi connectivity index (χ0n) is 15.8. The number of hydrogen-bond acceptors (Lipinski definition) is 6. The molecule has 7 nitrogen and oxygen atoms in total. The summed E-state index contributed by atoms with van der Waals surface area (Å²) in [6.45, 7) is 1.79. The van der Waals surface area contributed by atoms with Crippen molar-refractivity contribution >= 4 is 51.7 Å². The second-order valence-corrected chi connectivity index (χ2v) is 7.87. The van der Waals surface area contributed by atoms with Crippen LogP contribution in [0.2, 0.25) is 5.02 Å². The molecule has 3 rings (SSSR count). The maximum Gasteiger partial charge on any atom is 0.247 e. The van der Waals surface area contributed by atoms with E-state index >= 15 is 0 Å². The fourth-order valence-electron chi connectivity index (χ4n) is 2.74. The van der Waals surface area contributed by atoms with Crippen LogP contribution in [0.1, 0.15) is 18.9 Å². The molecule has 1 fully saturated rings. The summed E-state index contributed by atoms with van der Waals surface area (Å²) in [5.74, 6) is 0.0251. The summed E-state index contributed by atoms with van der Waals surface area (Å²) in [5.41, 5.74) is 7.92. The highest BCUT2D eigenvalue weighted by atomic mass is 35.5. The Labute approximate surface area is 177 Å². The Bertz CT molecular complexity index is 974. The number of hydrogen-bond donors (Lipinski definition) is 1. The molecule has 2 amide bonds. The summed E-state index contributed by atoms with van der Waals surface area (Å²) in [6, 6.07) is 13.9. The predicted molar refractivity (Wildman–Crippen MR) is 117 cm³/mol. The number of methoxy groups -OCH3 is 1. The fourth-order valence-corrected chi connectivity index (χ4v) is 3.68. The minimum absolute atomic E-state index is 0.0473. The fraction of sp³-hybridized carbons (Fsp3) is 0.200. The minimum atomic E-state index is -0.639. The molecule has 1 aliphatic heterocycles. The molecule has 0 aromatic heterocycles. The van der Waals surface area contributed by atoms with Crippen molar-refractivity contribution in [1.82, 2.24) is 0 Å². The molecule has 0 spiro atoms. The second kappa shape index (κ2) is 9.11. The van der Waals surface area contributed by atoms with Crippen LogP contribution in [0.15, 0.2) is 58.7 Å². The number of rotatable bonds is 5. The molecule has 0 bridgehead atoms. The van der Waals surface area contributed by atoms with Gasteiger partial charge in [0.25, 0.3) is 0 Å². The van der Waals surface area contributed by atoms with Gasteiger partial charge in [0.05, 0.1) is 18.5 Å². The molecular weight excluding hydrogens is 412 g/mol. The predicted octanol–water partition coefficient (Wildman–Crippen LogP) is 3.45. The van der Waals surface area contributed by atoms with Crippen LogP contribution in [0.25, 0.3) is 0 Å². The first-order valence-electron chi connectivity index (χ1n) is 8.70. The molecule has 2 N–H and O–H groups in total. The van der Waals surface area contributed by atoms with Crippen LogP contribution >= 0.6 is 23.4 Å². The van der Waals surface area contributed by atoms with Gasteiger partial charge >= 0.3 is 0 Å². The van der Waals surface area contributed by atoms with Crippen molar-refractivity contribution in [3.05, 3.63) is 59.1 Å². The molecule has 0 aliphatic carbocycles. The molecule has 2 aromatic carbocycles. The van der Waals surface area contributed by atoms with Gasteiger partial charge < -0.3 is 10.5 Å². The highest BCUT2D eigenvalue weighted by Gasteiger charge is 2.40. The molecule has 0 saturated carbocycles. The number of carbonyl (C=O) groups is 2. The Hall–Kier alpha value is -2.84. The largest absolute Gasteiger partial charge is 0.497 e. The average molecular weight is 431 g/mol. The molecule has 2 aromatic rings. The van der Waals surface area contributed by atoms with Crippen molar-refractivity contribution in [3.8, 4) is 5.75 Å².